The standard InChI is InChI=1S/C16H17N3O3/c20-14-6-13(17-15(18-14)12-1-2-12)16(21)19-7-11(8-19)5-10-3-4-22-9-10/h3-4,6,9,11-12H,1-2,5,7-8H2,(H,17,18,20). The van der Waals surface area contributed by atoms with E-state index in [2.05, 4.69) is 9.97 Å². The van der Waals surface area contributed by atoms with Crippen LogP contribution in [0, 0.1) is 5.92 Å². The van der Waals surface area contributed by atoms with Crippen LogP contribution in [0.15, 0.2) is 33.9 Å². The summed E-state index contributed by atoms with van der Waals surface area (Å²) in [5.41, 5.74) is 1.19. The summed E-state index contributed by atoms with van der Waals surface area (Å²) < 4.78 is 5.05. The molecule has 6 nitrogen and oxygen atoms in total. The minimum absolute atomic E-state index is 0.142. The highest BCUT2D eigenvalue weighted by atomic mass is 16.3. The van der Waals surface area contributed by atoms with Crippen molar-refractivity contribution in [1.29, 1.82) is 0 Å². The van der Waals surface area contributed by atoms with E-state index < -0.39 is 0 Å². The number of H-pyrrole nitrogens is 1. The average molecular weight is 299 g/mol. The highest BCUT2D eigenvalue weighted by molar-refractivity contribution is 5.92. The van der Waals surface area contributed by atoms with Crippen molar-refractivity contribution < 1.29 is 9.21 Å². The van der Waals surface area contributed by atoms with Gasteiger partial charge in [0.05, 0.1) is 12.5 Å². The van der Waals surface area contributed by atoms with Crippen LogP contribution in [0.2, 0.25) is 0 Å². The van der Waals surface area contributed by atoms with Crippen molar-refractivity contribution in [3.63, 3.8) is 0 Å². The van der Waals surface area contributed by atoms with Gasteiger partial charge in [0.2, 0.25) is 0 Å². The first-order valence-corrected chi connectivity index (χ1v) is 7.60. The number of carbonyl (C=O) groups is 1. The zero-order valence-corrected chi connectivity index (χ0v) is 12.1. The van der Waals surface area contributed by atoms with Crippen molar-refractivity contribution in [3.05, 3.63) is 52.1 Å². The fourth-order valence-corrected chi connectivity index (χ4v) is 2.91. The molecule has 0 atom stereocenters. The number of rotatable bonds is 4. The summed E-state index contributed by atoms with van der Waals surface area (Å²) in [6, 6.07) is 3.25. The van der Waals surface area contributed by atoms with Gasteiger partial charge >= 0.3 is 0 Å². The predicted molar refractivity (Wildman–Crippen MR) is 78.6 cm³/mol. The van der Waals surface area contributed by atoms with Crippen LogP contribution in [-0.2, 0) is 6.42 Å². The van der Waals surface area contributed by atoms with Crippen molar-refractivity contribution in [3.8, 4) is 0 Å². The molecule has 0 spiro atoms. The number of nitrogens with zero attached hydrogens (tertiary/aromatic N) is 2. The highest BCUT2D eigenvalue weighted by Crippen LogP contribution is 2.37. The number of likely N-dealkylation sites (tertiary alicyclic amines) is 1. The molecule has 3 heterocycles. The van der Waals surface area contributed by atoms with Gasteiger partial charge in [0, 0.05) is 25.1 Å². The molecule has 0 aromatic carbocycles. The van der Waals surface area contributed by atoms with Crippen LogP contribution in [0.1, 0.15) is 40.6 Å². The number of amides is 1. The molecular formula is C16H17N3O3. The van der Waals surface area contributed by atoms with Gasteiger partial charge in [-0.2, -0.15) is 0 Å². The first-order chi connectivity index (χ1) is 10.7. The van der Waals surface area contributed by atoms with E-state index in [1.54, 1.807) is 17.4 Å². The molecule has 6 heteroatoms. The fraction of sp³-hybridized carbons (Fsp3) is 0.438. The van der Waals surface area contributed by atoms with Gasteiger partial charge in [-0.05, 0) is 36.8 Å². The SMILES string of the molecule is O=C(c1cc(=O)[nH]c(C2CC2)n1)N1CC(Cc2ccoc2)C1. The van der Waals surface area contributed by atoms with Gasteiger partial charge in [0.15, 0.2) is 0 Å². The van der Waals surface area contributed by atoms with Crippen molar-refractivity contribution in [2.45, 2.75) is 25.2 Å². The van der Waals surface area contributed by atoms with E-state index in [-0.39, 0.29) is 17.2 Å². The van der Waals surface area contributed by atoms with Crippen LogP contribution < -0.4 is 5.56 Å². The van der Waals surface area contributed by atoms with E-state index in [0.717, 1.165) is 24.8 Å². The maximum Gasteiger partial charge on any atom is 0.272 e. The lowest BCUT2D eigenvalue weighted by molar-refractivity contribution is 0.0494. The van der Waals surface area contributed by atoms with Gasteiger partial charge < -0.3 is 14.3 Å². The van der Waals surface area contributed by atoms with E-state index in [1.165, 1.54) is 6.07 Å². The summed E-state index contributed by atoms with van der Waals surface area (Å²) >= 11 is 0. The van der Waals surface area contributed by atoms with Crippen molar-refractivity contribution in [2.75, 3.05) is 13.1 Å². The lowest BCUT2D eigenvalue weighted by Crippen LogP contribution is -2.51. The van der Waals surface area contributed by atoms with Crippen LogP contribution in [0.3, 0.4) is 0 Å². The molecule has 2 aromatic heterocycles. The third-order valence-corrected chi connectivity index (χ3v) is 4.29. The van der Waals surface area contributed by atoms with E-state index in [9.17, 15) is 9.59 Å². The van der Waals surface area contributed by atoms with E-state index in [4.69, 9.17) is 4.42 Å². The Kier molecular flexibility index (Phi) is 3.10. The number of hydrogen-bond donors (Lipinski definition) is 1. The van der Waals surface area contributed by atoms with Gasteiger partial charge in [-0.3, -0.25) is 9.59 Å². The number of carbonyl (C=O) groups excluding carboxylic acids is 1. The molecule has 114 valence electrons. The lowest BCUT2D eigenvalue weighted by atomic mass is 9.93. The van der Waals surface area contributed by atoms with Gasteiger partial charge in [0.1, 0.15) is 11.5 Å². The van der Waals surface area contributed by atoms with E-state index in [0.29, 0.717) is 30.7 Å². The second-order valence-corrected chi connectivity index (χ2v) is 6.20. The van der Waals surface area contributed by atoms with Crippen molar-refractivity contribution >= 4 is 5.91 Å². The summed E-state index contributed by atoms with van der Waals surface area (Å²) in [5.74, 6) is 1.29. The van der Waals surface area contributed by atoms with E-state index in [1.807, 2.05) is 6.07 Å². The number of hydrogen-bond acceptors (Lipinski definition) is 4. The molecule has 1 saturated carbocycles. The van der Waals surface area contributed by atoms with Crippen molar-refractivity contribution in [2.24, 2.45) is 5.92 Å². The molecule has 2 aromatic rings. The molecule has 2 fully saturated rings. The molecule has 1 aliphatic heterocycles. The fourth-order valence-electron chi connectivity index (χ4n) is 2.91. The van der Waals surface area contributed by atoms with Crippen LogP contribution in [-0.4, -0.2) is 33.9 Å². The second kappa shape index (κ2) is 5.12. The van der Waals surface area contributed by atoms with Crippen LogP contribution in [0.4, 0.5) is 0 Å². The molecule has 1 N–H and O–H groups in total. The number of aromatic amines is 1. The number of nitrogens with one attached hydrogen (secondary N) is 1. The minimum Gasteiger partial charge on any atom is -0.472 e. The Hall–Kier alpha value is -2.37. The minimum atomic E-state index is -0.240. The Bertz CT molecular complexity index is 740. The predicted octanol–water partition coefficient (Wildman–Crippen LogP) is 1.56. The zero-order chi connectivity index (χ0) is 15.1. The largest absolute Gasteiger partial charge is 0.472 e. The molecular weight excluding hydrogens is 282 g/mol. The summed E-state index contributed by atoms with van der Waals surface area (Å²) in [4.78, 5) is 32.9. The average Bonchev–Trinajstić information content (AvgIpc) is 3.19. The van der Waals surface area contributed by atoms with Gasteiger partial charge in [0.25, 0.3) is 11.5 Å². The molecule has 0 radical (unpaired) electrons. The van der Waals surface area contributed by atoms with Crippen LogP contribution in [0.5, 0.6) is 0 Å². The third-order valence-electron chi connectivity index (χ3n) is 4.29. The molecule has 0 unspecified atom stereocenters. The first kappa shape index (κ1) is 13.3. The molecule has 2 aliphatic rings. The summed E-state index contributed by atoms with van der Waals surface area (Å²) in [6.45, 7) is 1.41. The quantitative estimate of drug-likeness (QED) is 0.929. The zero-order valence-electron chi connectivity index (χ0n) is 12.1. The van der Waals surface area contributed by atoms with Crippen LogP contribution >= 0.6 is 0 Å². The Morgan fingerprint density at radius 2 is 2.23 bits per heavy atom. The summed E-state index contributed by atoms with van der Waals surface area (Å²) in [7, 11) is 0. The summed E-state index contributed by atoms with van der Waals surface area (Å²) in [5, 5.41) is 0. The Morgan fingerprint density at radius 3 is 2.91 bits per heavy atom. The molecule has 1 aliphatic carbocycles. The Morgan fingerprint density at radius 1 is 1.41 bits per heavy atom. The Balaban J connectivity index is 1.42. The maximum atomic E-state index is 12.4. The molecule has 1 amide bonds. The molecule has 1 saturated heterocycles. The highest BCUT2D eigenvalue weighted by Gasteiger charge is 2.33. The monoisotopic (exact) mass is 299 g/mol. The van der Waals surface area contributed by atoms with Gasteiger partial charge in [-0.25, -0.2) is 4.98 Å². The Labute approximate surface area is 127 Å². The van der Waals surface area contributed by atoms with Gasteiger partial charge in [-0.15, -0.1) is 0 Å². The van der Waals surface area contributed by atoms with Gasteiger partial charge in [-0.1, -0.05) is 0 Å². The first-order valence-electron chi connectivity index (χ1n) is 7.60. The lowest BCUT2D eigenvalue weighted by Gasteiger charge is -2.39. The maximum absolute atomic E-state index is 12.4. The molecule has 22 heavy (non-hydrogen) atoms. The van der Waals surface area contributed by atoms with Crippen LogP contribution in [0.25, 0.3) is 0 Å². The normalized spacial score (nSPS) is 18.3. The van der Waals surface area contributed by atoms with E-state index >= 15 is 0 Å². The number of furan rings is 1. The second-order valence-electron chi connectivity index (χ2n) is 6.20. The summed E-state index contributed by atoms with van der Waals surface area (Å²) in [6.07, 6.45) is 6.39. The molecule has 0 bridgehead atoms. The van der Waals surface area contributed by atoms with Crippen molar-refractivity contribution in [1.82, 2.24) is 14.9 Å². The number of aromatic nitrogens is 2. The topological polar surface area (TPSA) is 79.2 Å². The third kappa shape index (κ3) is 2.56. The molecule has 4 rings (SSSR count). The smallest absolute Gasteiger partial charge is 0.272 e.